The molecule has 6 nitrogen and oxygen atoms in total. The van der Waals surface area contributed by atoms with Crippen LogP contribution in [-0.2, 0) is 6.42 Å². The number of carboxylic acid groups (broad SMARTS) is 1. The smallest absolute Gasteiger partial charge is 0.493 e. The van der Waals surface area contributed by atoms with Crippen molar-refractivity contribution in [3.63, 3.8) is 0 Å². The molecule has 2 N–H and O–H groups in total. The molecular weight excluding hydrogens is 461 g/mol. The fourth-order valence-corrected chi connectivity index (χ4v) is 3.47. The molecule has 0 saturated heterocycles. The molecular formula is C26H25ClFNO5. The van der Waals surface area contributed by atoms with Crippen molar-refractivity contribution in [2.75, 3.05) is 13.2 Å². The number of hydrogen-bond acceptors (Lipinski definition) is 4. The van der Waals surface area contributed by atoms with Gasteiger partial charge in [-0.15, -0.1) is 0 Å². The van der Waals surface area contributed by atoms with Crippen LogP contribution >= 0.6 is 11.6 Å². The normalized spacial score (nSPS) is 10.6. The van der Waals surface area contributed by atoms with Crippen molar-refractivity contribution in [2.24, 2.45) is 0 Å². The van der Waals surface area contributed by atoms with E-state index in [1.807, 2.05) is 12.1 Å². The molecule has 8 heteroatoms. The van der Waals surface area contributed by atoms with Gasteiger partial charge in [0.1, 0.15) is 17.3 Å². The van der Waals surface area contributed by atoms with Crippen molar-refractivity contribution in [3.05, 3.63) is 82.6 Å². The fraction of sp³-hybridized carbons (Fsp3) is 0.231. The molecule has 3 aromatic carbocycles. The minimum Gasteiger partial charge on any atom is -0.493 e. The molecule has 3 rings (SSSR count). The van der Waals surface area contributed by atoms with Gasteiger partial charge in [0.2, 0.25) is 0 Å². The summed E-state index contributed by atoms with van der Waals surface area (Å²) in [5.74, 6) is -0.453. The van der Waals surface area contributed by atoms with Crippen LogP contribution in [0.1, 0.15) is 35.7 Å². The van der Waals surface area contributed by atoms with Crippen LogP contribution in [0.4, 0.5) is 9.18 Å². The minimum absolute atomic E-state index is 0.0895. The number of amides is 1. The summed E-state index contributed by atoms with van der Waals surface area (Å²) in [7, 11) is 0. The molecule has 0 aliphatic rings. The zero-order chi connectivity index (χ0) is 24.5. The van der Waals surface area contributed by atoms with E-state index in [0.717, 1.165) is 24.5 Å². The highest BCUT2D eigenvalue weighted by Crippen LogP contribution is 2.26. The standard InChI is InChI=1S/C26H25ClFNO5/c1-2-3-12-33-24-9-8-20(27)15-23(24)25(30)29-11-10-17-4-6-18(7-5-17)19-13-21(28)16-22(14-19)34-26(31)32/h4-9,13-16H,2-3,10-12H2,1H3,(H,29,30)(H,31,32). The highest BCUT2D eigenvalue weighted by molar-refractivity contribution is 6.31. The maximum atomic E-state index is 13.8. The van der Waals surface area contributed by atoms with Crippen molar-refractivity contribution in [1.82, 2.24) is 5.32 Å². The number of ether oxygens (including phenoxy) is 2. The van der Waals surface area contributed by atoms with Gasteiger partial charge in [0.05, 0.1) is 12.2 Å². The van der Waals surface area contributed by atoms with Gasteiger partial charge in [0.15, 0.2) is 0 Å². The third kappa shape index (κ3) is 7.22. The van der Waals surface area contributed by atoms with Gasteiger partial charge in [-0.1, -0.05) is 49.2 Å². The Bertz CT molecular complexity index is 1150. The van der Waals surface area contributed by atoms with Gasteiger partial charge >= 0.3 is 6.16 Å². The second-order valence-electron chi connectivity index (χ2n) is 7.59. The van der Waals surface area contributed by atoms with Crippen LogP contribution in [0, 0.1) is 5.82 Å². The third-order valence-electron chi connectivity index (χ3n) is 5.00. The maximum Gasteiger partial charge on any atom is 0.511 e. The van der Waals surface area contributed by atoms with Crippen molar-refractivity contribution >= 4 is 23.7 Å². The molecule has 0 spiro atoms. The third-order valence-corrected chi connectivity index (χ3v) is 5.24. The highest BCUT2D eigenvalue weighted by Gasteiger charge is 2.13. The number of halogens is 2. The number of carbonyl (C=O) groups is 2. The molecule has 0 aliphatic heterocycles. The van der Waals surface area contributed by atoms with E-state index in [0.29, 0.717) is 47.0 Å². The van der Waals surface area contributed by atoms with E-state index in [-0.39, 0.29) is 11.7 Å². The summed E-state index contributed by atoms with van der Waals surface area (Å²) in [6.45, 7) is 2.99. The molecule has 0 atom stereocenters. The van der Waals surface area contributed by atoms with Crippen LogP contribution in [0.15, 0.2) is 60.7 Å². The van der Waals surface area contributed by atoms with Gasteiger partial charge in [-0.25, -0.2) is 9.18 Å². The average Bonchev–Trinajstić information content (AvgIpc) is 2.79. The number of benzene rings is 3. The Labute approximate surface area is 202 Å². The second-order valence-corrected chi connectivity index (χ2v) is 8.03. The Hall–Kier alpha value is -3.58. The molecule has 3 aromatic rings. The predicted octanol–water partition coefficient (Wildman–Crippen LogP) is 6.35. The van der Waals surface area contributed by atoms with Crippen molar-refractivity contribution < 1.29 is 28.6 Å². The van der Waals surface area contributed by atoms with Gasteiger partial charge in [0, 0.05) is 17.6 Å². The number of rotatable bonds is 10. The summed E-state index contributed by atoms with van der Waals surface area (Å²) >= 11 is 6.07. The number of carbonyl (C=O) groups excluding carboxylic acids is 1. The molecule has 1 amide bonds. The molecule has 0 aromatic heterocycles. The quantitative estimate of drug-likeness (QED) is 0.198. The molecule has 0 heterocycles. The summed E-state index contributed by atoms with van der Waals surface area (Å²) in [5.41, 5.74) is 2.56. The lowest BCUT2D eigenvalue weighted by Gasteiger charge is -2.12. The van der Waals surface area contributed by atoms with Crippen LogP contribution in [-0.4, -0.2) is 30.3 Å². The molecule has 0 fully saturated rings. The van der Waals surface area contributed by atoms with E-state index in [2.05, 4.69) is 17.0 Å². The van der Waals surface area contributed by atoms with Gasteiger partial charge in [-0.05, 0) is 59.9 Å². The molecule has 0 radical (unpaired) electrons. The van der Waals surface area contributed by atoms with E-state index in [1.165, 1.54) is 12.1 Å². The second kappa shape index (κ2) is 12.0. The fourth-order valence-electron chi connectivity index (χ4n) is 3.30. The van der Waals surface area contributed by atoms with Gasteiger partial charge in [0.25, 0.3) is 5.91 Å². The minimum atomic E-state index is -1.51. The van der Waals surface area contributed by atoms with Crippen molar-refractivity contribution in [3.8, 4) is 22.6 Å². The van der Waals surface area contributed by atoms with E-state index in [4.69, 9.17) is 21.4 Å². The maximum absolute atomic E-state index is 13.8. The lowest BCUT2D eigenvalue weighted by atomic mass is 10.0. The number of unbranched alkanes of at least 4 members (excludes halogenated alkanes) is 1. The largest absolute Gasteiger partial charge is 0.511 e. The van der Waals surface area contributed by atoms with Gasteiger partial charge in [-0.3, -0.25) is 4.79 Å². The Morgan fingerprint density at radius 2 is 1.79 bits per heavy atom. The Morgan fingerprint density at radius 1 is 1.03 bits per heavy atom. The lowest BCUT2D eigenvalue weighted by molar-refractivity contribution is 0.0949. The Morgan fingerprint density at radius 3 is 2.50 bits per heavy atom. The molecule has 0 saturated carbocycles. The summed E-state index contributed by atoms with van der Waals surface area (Å²) < 4.78 is 24.1. The van der Waals surface area contributed by atoms with E-state index in [9.17, 15) is 14.0 Å². The topological polar surface area (TPSA) is 84.9 Å². The molecule has 0 unspecified atom stereocenters. The van der Waals surface area contributed by atoms with E-state index >= 15 is 0 Å². The predicted molar refractivity (Wildman–Crippen MR) is 128 cm³/mol. The lowest BCUT2D eigenvalue weighted by Crippen LogP contribution is -2.26. The average molecular weight is 486 g/mol. The molecule has 34 heavy (non-hydrogen) atoms. The summed E-state index contributed by atoms with van der Waals surface area (Å²) in [6.07, 6.45) is 0.953. The first-order valence-electron chi connectivity index (χ1n) is 10.9. The molecule has 178 valence electrons. The SMILES string of the molecule is CCCCOc1ccc(Cl)cc1C(=O)NCCc1ccc(-c2cc(F)cc(OC(=O)O)c2)cc1. The van der Waals surface area contributed by atoms with Crippen molar-refractivity contribution in [2.45, 2.75) is 26.2 Å². The van der Waals surface area contributed by atoms with E-state index in [1.54, 1.807) is 30.3 Å². The van der Waals surface area contributed by atoms with Crippen molar-refractivity contribution in [1.29, 1.82) is 0 Å². The van der Waals surface area contributed by atoms with Crippen LogP contribution in [0.25, 0.3) is 11.1 Å². The zero-order valence-electron chi connectivity index (χ0n) is 18.6. The first kappa shape index (κ1) is 25.1. The number of hydrogen-bond donors (Lipinski definition) is 2. The summed E-state index contributed by atoms with van der Waals surface area (Å²) in [6, 6.07) is 16.1. The van der Waals surface area contributed by atoms with Gasteiger partial charge < -0.3 is 19.9 Å². The van der Waals surface area contributed by atoms with Gasteiger partial charge in [-0.2, -0.15) is 0 Å². The van der Waals surface area contributed by atoms with Crippen LogP contribution in [0.5, 0.6) is 11.5 Å². The summed E-state index contributed by atoms with van der Waals surface area (Å²) in [5, 5.41) is 12.1. The van der Waals surface area contributed by atoms with Crippen LogP contribution in [0.2, 0.25) is 5.02 Å². The number of nitrogens with one attached hydrogen (secondary N) is 1. The summed E-state index contributed by atoms with van der Waals surface area (Å²) in [4.78, 5) is 23.4. The molecule has 0 aliphatic carbocycles. The monoisotopic (exact) mass is 485 g/mol. The molecule has 0 bridgehead atoms. The Kier molecular flexibility index (Phi) is 8.87. The first-order chi connectivity index (χ1) is 16.4. The highest BCUT2D eigenvalue weighted by atomic mass is 35.5. The zero-order valence-corrected chi connectivity index (χ0v) is 19.4. The van der Waals surface area contributed by atoms with Crippen LogP contribution < -0.4 is 14.8 Å². The van der Waals surface area contributed by atoms with Crippen LogP contribution in [0.3, 0.4) is 0 Å². The first-order valence-corrected chi connectivity index (χ1v) is 11.2. The Balaban J connectivity index is 1.60. The van der Waals surface area contributed by atoms with E-state index < -0.39 is 12.0 Å².